The van der Waals surface area contributed by atoms with E-state index in [9.17, 15) is 4.79 Å². The molecule has 2 heterocycles. The number of nitrogens with zero attached hydrogens (tertiary/aromatic N) is 3. The summed E-state index contributed by atoms with van der Waals surface area (Å²) >= 11 is 6.10. The predicted octanol–water partition coefficient (Wildman–Crippen LogP) is 4.72. The number of rotatable bonds is 6. The summed E-state index contributed by atoms with van der Waals surface area (Å²) < 4.78 is 3.64. The lowest BCUT2D eigenvalue weighted by atomic mass is 9.98. The molecule has 0 saturated heterocycles. The van der Waals surface area contributed by atoms with Gasteiger partial charge in [0, 0.05) is 35.6 Å². The topological polar surface area (TPSA) is 51.9 Å². The van der Waals surface area contributed by atoms with Crippen molar-refractivity contribution in [2.24, 2.45) is 7.05 Å². The SMILES string of the molecule is C=Cc1nn(C2CC2)cc1C(Nc1cc(C)c(=O)n(C)c1)c1ccc(Cl)cc1. The third-order valence-electron chi connectivity index (χ3n) is 5.09. The summed E-state index contributed by atoms with van der Waals surface area (Å²) in [4.78, 5) is 12.1. The third kappa shape index (κ3) is 3.62. The molecular weight excluding hydrogens is 372 g/mol. The van der Waals surface area contributed by atoms with Gasteiger partial charge in [-0.2, -0.15) is 5.10 Å². The molecule has 0 bridgehead atoms. The lowest BCUT2D eigenvalue weighted by Crippen LogP contribution is -2.21. The summed E-state index contributed by atoms with van der Waals surface area (Å²) in [5, 5.41) is 9.00. The predicted molar refractivity (Wildman–Crippen MR) is 114 cm³/mol. The van der Waals surface area contributed by atoms with Crippen molar-refractivity contribution in [1.29, 1.82) is 0 Å². The van der Waals surface area contributed by atoms with E-state index in [2.05, 4.69) is 18.1 Å². The molecule has 0 aliphatic heterocycles. The van der Waals surface area contributed by atoms with Gasteiger partial charge in [-0.25, -0.2) is 0 Å². The number of nitrogens with one attached hydrogen (secondary N) is 1. The van der Waals surface area contributed by atoms with E-state index in [-0.39, 0.29) is 11.6 Å². The molecule has 3 aromatic rings. The van der Waals surface area contributed by atoms with E-state index in [1.165, 1.54) is 0 Å². The lowest BCUT2D eigenvalue weighted by molar-refractivity contribution is 0.639. The smallest absolute Gasteiger partial charge is 0.253 e. The summed E-state index contributed by atoms with van der Waals surface area (Å²) in [6, 6.07) is 10.0. The molecule has 1 aromatic carbocycles. The molecule has 28 heavy (non-hydrogen) atoms. The monoisotopic (exact) mass is 394 g/mol. The largest absolute Gasteiger partial charge is 0.373 e. The number of pyridine rings is 1. The van der Waals surface area contributed by atoms with Gasteiger partial charge in [-0.3, -0.25) is 9.48 Å². The van der Waals surface area contributed by atoms with Crippen molar-refractivity contribution in [3.05, 3.63) is 87.1 Å². The first kappa shape index (κ1) is 18.6. The van der Waals surface area contributed by atoms with Crippen molar-refractivity contribution in [2.45, 2.75) is 31.8 Å². The van der Waals surface area contributed by atoms with E-state index >= 15 is 0 Å². The average molecular weight is 395 g/mol. The Morgan fingerprint density at radius 3 is 2.61 bits per heavy atom. The Morgan fingerprint density at radius 2 is 2.00 bits per heavy atom. The van der Waals surface area contributed by atoms with Gasteiger partial charge in [0.2, 0.25) is 0 Å². The molecule has 1 atom stereocenters. The van der Waals surface area contributed by atoms with Gasteiger partial charge in [0.1, 0.15) is 0 Å². The van der Waals surface area contributed by atoms with E-state index in [0.717, 1.165) is 35.3 Å². The fourth-order valence-corrected chi connectivity index (χ4v) is 3.57. The quantitative estimate of drug-likeness (QED) is 0.658. The van der Waals surface area contributed by atoms with Gasteiger partial charge in [0.25, 0.3) is 5.56 Å². The Morgan fingerprint density at radius 1 is 1.29 bits per heavy atom. The van der Waals surface area contributed by atoms with Crippen molar-refractivity contribution in [3.8, 4) is 0 Å². The molecule has 1 aliphatic carbocycles. The van der Waals surface area contributed by atoms with Crippen LogP contribution in [0.15, 0.2) is 54.1 Å². The fraction of sp³-hybridized carbons (Fsp3) is 0.273. The Bertz CT molecular complexity index is 1050. The molecule has 1 N–H and O–H groups in total. The van der Waals surface area contributed by atoms with Crippen LogP contribution in [0, 0.1) is 6.92 Å². The van der Waals surface area contributed by atoms with Crippen LogP contribution in [0.2, 0.25) is 5.02 Å². The summed E-state index contributed by atoms with van der Waals surface area (Å²) in [7, 11) is 1.76. The molecule has 0 amide bonds. The second-order valence-corrected chi connectivity index (χ2v) is 7.78. The summed E-state index contributed by atoms with van der Waals surface area (Å²) in [5.74, 6) is 0. The average Bonchev–Trinajstić information content (AvgIpc) is 3.44. The number of benzene rings is 1. The highest BCUT2D eigenvalue weighted by Crippen LogP contribution is 2.37. The zero-order chi connectivity index (χ0) is 19.8. The molecule has 4 rings (SSSR count). The molecule has 5 nitrogen and oxygen atoms in total. The third-order valence-corrected chi connectivity index (χ3v) is 5.34. The first-order chi connectivity index (χ1) is 13.5. The summed E-state index contributed by atoms with van der Waals surface area (Å²) in [6.45, 7) is 5.78. The van der Waals surface area contributed by atoms with Gasteiger partial charge in [-0.05, 0) is 49.6 Å². The van der Waals surface area contributed by atoms with E-state index in [1.54, 1.807) is 17.7 Å². The minimum absolute atomic E-state index is 0.00178. The second-order valence-electron chi connectivity index (χ2n) is 7.34. The van der Waals surface area contributed by atoms with Crippen LogP contribution in [0.1, 0.15) is 47.3 Å². The zero-order valence-corrected chi connectivity index (χ0v) is 16.8. The highest BCUT2D eigenvalue weighted by molar-refractivity contribution is 6.30. The zero-order valence-electron chi connectivity index (χ0n) is 16.0. The standard InChI is InChI=1S/C22H23ClN4O/c1-4-20-19(13-27(25-20)18-9-10-18)21(15-5-7-16(23)8-6-15)24-17-11-14(2)22(28)26(3)12-17/h4-8,11-13,18,21,24H,1,9-10H2,2-3H3. The number of hydrogen-bond donors (Lipinski definition) is 1. The number of aryl methyl sites for hydroxylation is 2. The second kappa shape index (κ2) is 7.32. The highest BCUT2D eigenvalue weighted by Gasteiger charge is 2.28. The molecule has 2 aromatic heterocycles. The van der Waals surface area contributed by atoms with Gasteiger partial charge in [0.15, 0.2) is 0 Å². The first-order valence-corrected chi connectivity index (χ1v) is 9.75. The van der Waals surface area contributed by atoms with Crippen molar-refractivity contribution in [1.82, 2.24) is 14.3 Å². The van der Waals surface area contributed by atoms with Crippen LogP contribution in [0.5, 0.6) is 0 Å². The van der Waals surface area contributed by atoms with E-state index in [0.29, 0.717) is 16.6 Å². The molecule has 1 saturated carbocycles. The Balaban J connectivity index is 1.79. The molecule has 1 unspecified atom stereocenters. The molecule has 0 spiro atoms. The van der Waals surface area contributed by atoms with Crippen molar-refractivity contribution in [2.75, 3.05) is 5.32 Å². The molecule has 0 radical (unpaired) electrons. The molecule has 1 aliphatic rings. The maximum Gasteiger partial charge on any atom is 0.253 e. The number of halogens is 1. The minimum atomic E-state index is -0.144. The molecule has 6 heteroatoms. The van der Waals surface area contributed by atoms with E-state index in [4.69, 9.17) is 16.7 Å². The van der Waals surface area contributed by atoms with Crippen LogP contribution in [0.4, 0.5) is 5.69 Å². The van der Waals surface area contributed by atoms with E-state index in [1.807, 2.05) is 48.1 Å². The number of hydrogen-bond acceptors (Lipinski definition) is 3. The van der Waals surface area contributed by atoms with Gasteiger partial charge in [0.05, 0.1) is 23.5 Å². The van der Waals surface area contributed by atoms with Gasteiger partial charge >= 0.3 is 0 Å². The normalized spacial score (nSPS) is 14.7. The van der Waals surface area contributed by atoms with Crippen LogP contribution in [0.3, 0.4) is 0 Å². The van der Waals surface area contributed by atoms with Crippen LogP contribution in [-0.2, 0) is 7.05 Å². The Kier molecular flexibility index (Phi) is 4.85. The van der Waals surface area contributed by atoms with Crippen LogP contribution < -0.4 is 10.9 Å². The Hall–Kier alpha value is -2.79. The van der Waals surface area contributed by atoms with Crippen molar-refractivity contribution in [3.63, 3.8) is 0 Å². The lowest BCUT2D eigenvalue weighted by Gasteiger charge is -2.21. The highest BCUT2D eigenvalue weighted by atomic mass is 35.5. The van der Waals surface area contributed by atoms with Crippen LogP contribution in [0.25, 0.3) is 6.08 Å². The van der Waals surface area contributed by atoms with Gasteiger partial charge < -0.3 is 9.88 Å². The minimum Gasteiger partial charge on any atom is -0.373 e. The van der Waals surface area contributed by atoms with Crippen LogP contribution in [-0.4, -0.2) is 14.3 Å². The van der Waals surface area contributed by atoms with Gasteiger partial charge in [-0.15, -0.1) is 0 Å². The molecule has 1 fully saturated rings. The maximum absolute atomic E-state index is 12.1. The van der Waals surface area contributed by atoms with E-state index < -0.39 is 0 Å². The van der Waals surface area contributed by atoms with Crippen molar-refractivity contribution >= 4 is 23.4 Å². The van der Waals surface area contributed by atoms with Gasteiger partial charge in [-0.1, -0.05) is 30.3 Å². The fourth-order valence-electron chi connectivity index (χ4n) is 3.45. The molecular formula is C22H23ClN4O. The number of aromatic nitrogens is 3. The Labute approximate surface area is 169 Å². The number of anilines is 1. The van der Waals surface area contributed by atoms with Crippen LogP contribution >= 0.6 is 11.6 Å². The summed E-state index contributed by atoms with van der Waals surface area (Å²) in [6.07, 6.45) is 8.05. The maximum atomic E-state index is 12.1. The molecule has 144 valence electrons. The summed E-state index contributed by atoms with van der Waals surface area (Å²) in [5.41, 5.74) is 4.54. The first-order valence-electron chi connectivity index (χ1n) is 9.37. The van der Waals surface area contributed by atoms with Crippen molar-refractivity contribution < 1.29 is 0 Å².